The van der Waals surface area contributed by atoms with E-state index in [1.165, 1.54) is 0 Å². The molecule has 0 aromatic heterocycles. The van der Waals surface area contributed by atoms with Gasteiger partial charge in [0.15, 0.2) is 0 Å². The highest BCUT2D eigenvalue weighted by Gasteiger charge is 2.19. The van der Waals surface area contributed by atoms with Gasteiger partial charge in [-0.3, -0.25) is 0 Å². The molecule has 0 aliphatic carbocycles. The molecule has 16 heavy (non-hydrogen) atoms. The van der Waals surface area contributed by atoms with Gasteiger partial charge >= 0.3 is 11.9 Å². The van der Waals surface area contributed by atoms with Gasteiger partial charge in [0, 0.05) is 0 Å². The maximum Gasteiger partial charge on any atom is 0.339 e. The molecule has 0 unspecified atom stereocenters. The number of esters is 2. The Labute approximate surface area is 93.2 Å². The van der Waals surface area contributed by atoms with E-state index >= 15 is 0 Å². The quantitative estimate of drug-likeness (QED) is 0.625. The molecule has 0 radical (unpaired) electrons. The molecule has 84 valence electrons. The number of carbonyl (C=O) groups is 2. The summed E-state index contributed by atoms with van der Waals surface area (Å²) in [5, 5.41) is 0. The third-order valence-electron chi connectivity index (χ3n) is 2.37. The summed E-state index contributed by atoms with van der Waals surface area (Å²) in [7, 11) is 0. The number of hydrogen-bond acceptors (Lipinski definition) is 4. The summed E-state index contributed by atoms with van der Waals surface area (Å²) in [6.45, 7) is 0.732. The molecule has 4 heteroatoms. The van der Waals surface area contributed by atoms with E-state index in [1.54, 1.807) is 24.3 Å². The normalized spacial score (nSPS) is 17.0. The summed E-state index contributed by atoms with van der Waals surface area (Å²) in [4.78, 5) is 23.3. The van der Waals surface area contributed by atoms with Gasteiger partial charge in [0.2, 0.25) is 0 Å². The summed E-state index contributed by atoms with van der Waals surface area (Å²) < 4.78 is 10.1. The average molecular weight is 220 g/mol. The zero-order valence-electron chi connectivity index (χ0n) is 8.77. The molecule has 0 fully saturated rings. The summed E-state index contributed by atoms with van der Waals surface area (Å²) in [5.41, 5.74) is 0.545. The SMILES string of the molecule is O=C1OCCCCOC(=O)c2ccccc21. The van der Waals surface area contributed by atoms with Crippen molar-refractivity contribution in [1.82, 2.24) is 0 Å². The molecule has 1 aliphatic rings. The molecule has 0 saturated carbocycles. The Morgan fingerprint density at radius 3 is 1.69 bits per heavy atom. The van der Waals surface area contributed by atoms with Crippen molar-refractivity contribution in [2.45, 2.75) is 12.8 Å². The molecule has 1 aromatic carbocycles. The Morgan fingerprint density at radius 1 is 0.812 bits per heavy atom. The van der Waals surface area contributed by atoms with Crippen LogP contribution in [0.25, 0.3) is 0 Å². The maximum atomic E-state index is 11.6. The highest BCUT2D eigenvalue weighted by Crippen LogP contribution is 2.13. The Hall–Kier alpha value is -1.84. The molecule has 0 atom stereocenters. The monoisotopic (exact) mass is 220 g/mol. The molecule has 4 nitrogen and oxygen atoms in total. The lowest BCUT2D eigenvalue weighted by molar-refractivity contribution is 0.0394. The first kappa shape index (κ1) is 10.7. The molecular weight excluding hydrogens is 208 g/mol. The van der Waals surface area contributed by atoms with Crippen LogP contribution in [-0.4, -0.2) is 25.2 Å². The van der Waals surface area contributed by atoms with Crippen molar-refractivity contribution in [3.05, 3.63) is 35.4 Å². The third kappa shape index (κ3) is 2.21. The molecule has 0 saturated heterocycles. The second kappa shape index (κ2) is 4.79. The number of benzene rings is 1. The number of ether oxygens (including phenoxy) is 2. The Morgan fingerprint density at radius 2 is 1.25 bits per heavy atom. The van der Waals surface area contributed by atoms with Gasteiger partial charge in [0.1, 0.15) is 0 Å². The van der Waals surface area contributed by atoms with Crippen molar-refractivity contribution in [2.24, 2.45) is 0 Å². The minimum atomic E-state index is -0.463. The number of cyclic esters (lactones) is 2. The molecule has 1 heterocycles. The lowest BCUT2D eigenvalue weighted by Crippen LogP contribution is -2.17. The van der Waals surface area contributed by atoms with Crippen LogP contribution in [-0.2, 0) is 9.47 Å². The van der Waals surface area contributed by atoms with E-state index < -0.39 is 11.9 Å². The second-order valence-electron chi connectivity index (χ2n) is 3.52. The van der Waals surface area contributed by atoms with Crippen LogP contribution < -0.4 is 0 Å². The van der Waals surface area contributed by atoms with Gasteiger partial charge in [-0.2, -0.15) is 0 Å². The first-order valence-electron chi connectivity index (χ1n) is 5.22. The molecule has 0 spiro atoms. The first-order chi connectivity index (χ1) is 7.79. The maximum absolute atomic E-state index is 11.6. The van der Waals surface area contributed by atoms with E-state index in [9.17, 15) is 9.59 Å². The lowest BCUT2D eigenvalue weighted by atomic mass is 10.1. The fraction of sp³-hybridized carbons (Fsp3) is 0.333. The average Bonchev–Trinajstić information content (AvgIpc) is 2.32. The van der Waals surface area contributed by atoms with Crippen molar-refractivity contribution in [3.63, 3.8) is 0 Å². The number of carbonyl (C=O) groups excluding carboxylic acids is 2. The van der Waals surface area contributed by atoms with E-state index in [-0.39, 0.29) is 11.1 Å². The standard InChI is InChI=1S/C12H12O4/c13-11-9-5-1-2-6-10(9)12(14)16-8-4-3-7-15-11/h1-2,5-6H,3-4,7-8H2. The highest BCUT2D eigenvalue weighted by molar-refractivity contribution is 6.03. The van der Waals surface area contributed by atoms with Crippen LogP contribution in [0.5, 0.6) is 0 Å². The molecule has 2 rings (SSSR count). The van der Waals surface area contributed by atoms with Crippen molar-refractivity contribution >= 4 is 11.9 Å². The smallest absolute Gasteiger partial charge is 0.339 e. The van der Waals surface area contributed by atoms with Crippen LogP contribution in [0.15, 0.2) is 24.3 Å². The van der Waals surface area contributed by atoms with Crippen LogP contribution in [0.3, 0.4) is 0 Å². The molecule has 0 N–H and O–H groups in total. The Kier molecular flexibility index (Phi) is 3.19. The van der Waals surface area contributed by atoms with Gasteiger partial charge in [-0.15, -0.1) is 0 Å². The van der Waals surface area contributed by atoms with Gasteiger partial charge < -0.3 is 9.47 Å². The first-order valence-corrected chi connectivity index (χ1v) is 5.22. The van der Waals surface area contributed by atoms with E-state index in [2.05, 4.69) is 0 Å². The molecule has 0 amide bonds. The van der Waals surface area contributed by atoms with E-state index in [1.807, 2.05) is 0 Å². The highest BCUT2D eigenvalue weighted by atomic mass is 16.5. The molecular formula is C12H12O4. The fourth-order valence-electron chi connectivity index (χ4n) is 1.53. The van der Waals surface area contributed by atoms with Crippen molar-refractivity contribution in [3.8, 4) is 0 Å². The van der Waals surface area contributed by atoms with E-state index in [4.69, 9.17) is 9.47 Å². The number of rotatable bonds is 0. The molecule has 1 aliphatic heterocycles. The van der Waals surface area contributed by atoms with Gasteiger partial charge in [0.25, 0.3) is 0 Å². The van der Waals surface area contributed by atoms with Crippen LogP contribution in [0.4, 0.5) is 0 Å². The van der Waals surface area contributed by atoms with E-state index in [0.29, 0.717) is 26.1 Å². The zero-order chi connectivity index (χ0) is 11.4. The van der Waals surface area contributed by atoms with Crippen molar-refractivity contribution in [2.75, 3.05) is 13.2 Å². The Balaban J connectivity index is 2.36. The third-order valence-corrected chi connectivity index (χ3v) is 2.37. The van der Waals surface area contributed by atoms with Crippen LogP contribution >= 0.6 is 0 Å². The van der Waals surface area contributed by atoms with Crippen molar-refractivity contribution < 1.29 is 19.1 Å². The minimum absolute atomic E-state index is 0.273. The van der Waals surface area contributed by atoms with E-state index in [0.717, 1.165) is 0 Å². The Bertz CT molecular complexity index is 372. The molecule has 0 bridgehead atoms. The summed E-state index contributed by atoms with van der Waals surface area (Å²) in [6.07, 6.45) is 1.42. The summed E-state index contributed by atoms with van der Waals surface area (Å²) in [6, 6.07) is 6.53. The number of fused-ring (bicyclic) bond motifs is 1. The molecule has 1 aromatic rings. The summed E-state index contributed by atoms with van der Waals surface area (Å²) >= 11 is 0. The van der Waals surface area contributed by atoms with Gasteiger partial charge in [-0.05, 0) is 25.0 Å². The summed E-state index contributed by atoms with van der Waals surface area (Å²) in [5.74, 6) is -0.927. The van der Waals surface area contributed by atoms with Crippen molar-refractivity contribution in [1.29, 1.82) is 0 Å². The second-order valence-corrected chi connectivity index (χ2v) is 3.52. The van der Waals surface area contributed by atoms with Gasteiger partial charge in [0.05, 0.1) is 24.3 Å². The number of hydrogen-bond donors (Lipinski definition) is 0. The zero-order valence-corrected chi connectivity index (χ0v) is 8.77. The van der Waals surface area contributed by atoms with Gasteiger partial charge in [-0.25, -0.2) is 9.59 Å². The predicted octanol–water partition coefficient (Wildman–Crippen LogP) is 1.79. The fourth-order valence-corrected chi connectivity index (χ4v) is 1.53. The van der Waals surface area contributed by atoms with Crippen LogP contribution in [0, 0.1) is 0 Å². The van der Waals surface area contributed by atoms with Crippen LogP contribution in [0.1, 0.15) is 33.6 Å². The largest absolute Gasteiger partial charge is 0.462 e. The lowest BCUT2D eigenvalue weighted by Gasteiger charge is -2.12. The van der Waals surface area contributed by atoms with Crippen LogP contribution in [0.2, 0.25) is 0 Å². The topological polar surface area (TPSA) is 52.6 Å². The minimum Gasteiger partial charge on any atom is -0.462 e. The van der Waals surface area contributed by atoms with Gasteiger partial charge in [-0.1, -0.05) is 12.1 Å². The predicted molar refractivity (Wildman–Crippen MR) is 56.2 cm³/mol.